The molecule has 1 aliphatic rings. The van der Waals surface area contributed by atoms with Gasteiger partial charge in [0.1, 0.15) is 5.82 Å². The molecule has 0 fully saturated rings. The van der Waals surface area contributed by atoms with E-state index in [1.54, 1.807) is 12.1 Å². The number of hydrogen-bond acceptors (Lipinski definition) is 4. The molecule has 2 aromatic rings. The van der Waals surface area contributed by atoms with Crippen molar-refractivity contribution in [3.05, 3.63) is 41.2 Å². The van der Waals surface area contributed by atoms with Gasteiger partial charge < -0.3 is 10.8 Å². The van der Waals surface area contributed by atoms with Crippen LogP contribution < -0.4 is 5.73 Å². The lowest BCUT2D eigenvalue weighted by Crippen LogP contribution is -2.20. The van der Waals surface area contributed by atoms with E-state index in [1.165, 1.54) is 0 Å². The number of carboxylic acids is 1. The van der Waals surface area contributed by atoms with Crippen molar-refractivity contribution >= 4 is 11.9 Å². The first-order valence-corrected chi connectivity index (χ1v) is 6.16. The average Bonchev–Trinajstić information content (AvgIpc) is 2.77. The van der Waals surface area contributed by atoms with Gasteiger partial charge in [-0.2, -0.15) is 4.98 Å². The maximum absolute atomic E-state index is 10.8. The molecule has 2 heterocycles. The first kappa shape index (κ1) is 11.7. The van der Waals surface area contributed by atoms with E-state index in [9.17, 15) is 4.79 Å². The number of hydrogen-bond donors (Lipinski definition) is 2. The number of carbonyl (C=O) groups is 1. The van der Waals surface area contributed by atoms with Crippen molar-refractivity contribution in [3.8, 4) is 0 Å². The summed E-state index contributed by atoms with van der Waals surface area (Å²) in [7, 11) is 0. The van der Waals surface area contributed by atoms with E-state index in [2.05, 4.69) is 10.1 Å². The topological polar surface area (TPSA) is 94.0 Å². The van der Waals surface area contributed by atoms with Crippen molar-refractivity contribution in [2.75, 3.05) is 5.73 Å². The predicted molar refractivity (Wildman–Crippen MR) is 68.9 cm³/mol. The molecule has 0 amide bonds. The van der Waals surface area contributed by atoms with Gasteiger partial charge in [0.15, 0.2) is 0 Å². The molecule has 3 N–H and O–H groups in total. The highest BCUT2D eigenvalue weighted by molar-refractivity contribution is 5.87. The number of anilines is 1. The van der Waals surface area contributed by atoms with Gasteiger partial charge >= 0.3 is 5.97 Å². The van der Waals surface area contributed by atoms with Gasteiger partial charge in [-0.1, -0.05) is 12.1 Å². The third-order valence-corrected chi connectivity index (χ3v) is 3.50. The van der Waals surface area contributed by atoms with Crippen molar-refractivity contribution in [1.29, 1.82) is 0 Å². The highest BCUT2D eigenvalue weighted by Gasteiger charge is 2.22. The van der Waals surface area contributed by atoms with Crippen LogP contribution in [-0.4, -0.2) is 25.8 Å². The minimum atomic E-state index is -0.901. The number of aryl methyl sites for hydroxylation is 1. The van der Waals surface area contributed by atoms with Crippen molar-refractivity contribution in [1.82, 2.24) is 14.8 Å². The maximum atomic E-state index is 10.8. The van der Waals surface area contributed by atoms with Crippen molar-refractivity contribution < 1.29 is 9.90 Å². The lowest BCUT2D eigenvalue weighted by atomic mass is 9.91. The number of benzene rings is 1. The third kappa shape index (κ3) is 2.16. The first-order chi connectivity index (χ1) is 9.13. The van der Waals surface area contributed by atoms with Crippen LogP contribution >= 0.6 is 0 Å². The summed E-state index contributed by atoms with van der Waals surface area (Å²) >= 11 is 0. The van der Waals surface area contributed by atoms with Crippen LogP contribution in [0.1, 0.15) is 34.1 Å². The molecule has 0 saturated heterocycles. The summed E-state index contributed by atoms with van der Waals surface area (Å²) < 4.78 is 1.84. The largest absolute Gasteiger partial charge is 0.478 e. The second-order valence-electron chi connectivity index (χ2n) is 4.73. The van der Waals surface area contributed by atoms with Crippen LogP contribution in [0.5, 0.6) is 0 Å². The van der Waals surface area contributed by atoms with Gasteiger partial charge in [-0.25, -0.2) is 9.48 Å². The van der Waals surface area contributed by atoms with Gasteiger partial charge in [0.25, 0.3) is 0 Å². The van der Waals surface area contributed by atoms with Gasteiger partial charge in [0.2, 0.25) is 5.95 Å². The molecule has 0 saturated carbocycles. The van der Waals surface area contributed by atoms with Crippen LogP contribution in [0.2, 0.25) is 0 Å². The highest BCUT2D eigenvalue weighted by atomic mass is 16.4. The average molecular weight is 258 g/mol. The summed E-state index contributed by atoms with van der Waals surface area (Å²) in [6.07, 6.45) is 1.82. The molecule has 0 radical (unpaired) electrons. The zero-order chi connectivity index (χ0) is 13.4. The first-order valence-electron chi connectivity index (χ1n) is 6.16. The fraction of sp³-hybridized carbons (Fsp3) is 0.308. The Hall–Kier alpha value is -2.37. The Kier molecular flexibility index (Phi) is 2.70. The Morgan fingerprint density at radius 3 is 2.79 bits per heavy atom. The number of carboxylic acid groups (broad SMARTS) is 1. The Bertz CT molecular complexity index is 618. The molecule has 0 spiro atoms. The smallest absolute Gasteiger partial charge is 0.335 e. The SMILES string of the molecule is Nc1nc2n(n1)CC(c1ccc(C(=O)O)cc1)CC2. The predicted octanol–water partition coefficient (Wildman–Crippen LogP) is 1.29. The quantitative estimate of drug-likeness (QED) is 0.846. The standard InChI is InChI=1S/C13H14N4O2/c14-13-15-11-6-5-10(7-17(11)16-13)8-1-3-9(4-2-8)12(18)19/h1-4,10H,5-7H2,(H2,14,16)(H,18,19). The van der Waals surface area contributed by atoms with Crippen molar-refractivity contribution in [3.63, 3.8) is 0 Å². The molecular weight excluding hydrogens is 244 g/mol. The molecule has 19 heavy (non-hydrogen) atoms. The lowest BCUT2D eigenvalue weighted by molar-refractivity contribution is 0.0697. The molecule has 0 aliphatic carbocycles. The highest BCUT2D eigenvalue weighted by Crippen LogP contribution is 2.28. The zero-order valence-electron chi connectivity index (χ0n) is 10.3. The van der Waals surface area contributed by atoms with Gasteiger partial charge in [0, 0.05) is 18.9 Å². The van der Waals surface area contributed by atoms with Gasteiger partial charge in [-0.3, -0.25) is 0 Å². The molecule has 1 aromatic carbocycles. The van der Waals surface area contributed by atoms with Crippen LogP contribution in [0.25, 0.3) is 0 Å². The molecule has 6 heteroatoms. The summed E-state index contributed by atoms with van der Waals surface area (Å²) in [6.45, 7) is 0.742. The Balaban J connectivity index is 1.82. The number of fused-ring (bicyclic) bond motifs is 1. The summed E-state index contributed by atoms with van der Waals surface area (Å²) in [6, 6.07) is 7.03. The number of rotatable bonds is 2. The second kappa shape index (κ2) is 4.38. The third-order valence-electron chi connectivity index (χ3n) is 3.50. The zero-order valence-corrected chi connectivity index (χ0v) is 10.3. The normalized spacial score (nSPS) is 18.0. The summed E-state index contributed by atoms with van der Waals surface area (Å²) in [5, 5.41) is 13.0. The van der Waals surface area contributed by atoms with Crippen LogP contribution in [0.4, 0.5) is 5.95 Å². The number of nitrogen functional groups attached to an aromatic ring is 1. The summed E-state index contributed by atoms with van der Waals surface area (Å²) in [5.74, 6) is 0.672. The minimum absolute atomic E-state index is 0.310. The van der Waals surface area contributed by atoms with E-state index in [0.717, 1.165) is 30.8 Å². The number of aromatic nitrogens is 3. The van der Waals surface area contributed by atoms with E-state index < -0.39 is 5.97 Å². The molecular formula is C13H14N4O2. The molecule has 3 rings (SSSR count). The van der Waals surface area contributed by atoms with E-state index in [4.69, 9.17) is 10.8 Å². The van der Waals surface area contributed by atoms with Crippen molar-refractivity contribution in [2.24, 2.45) is 0 Å². The van der Waals surface area contributed by atoms with E-state index in [-0.39, 0.29) is 0 Å². The molecule has 1 aromatic heterocycles. The van der Waals surface area contributed by atoms with E-state index >= 15 is 0 Å². The number of nitrogens with zero attached hydrogens (tertiary/aromatic N) is 3. The summed E-state index contributed by atoms with van der Waals surface area (Å²) in [5.41, 5.74) is 7.03. The van der Waals surface area contributed by atoms with E-state index in [0.29, 0.717) is 17.4 Å². The molecule has 1 atom stereocenters. The fourth-order valence-electron chi connectivity index (χ4n) is 2.50. The molecule has 6 nitrogen and oxygen atoms in total. The lowest BCUT2D eigenvalue weighted by Gasteiger charge is -2.22. The van der Waals surface area contributed by atoms with E-state index in [1.807, 2.05) is 16.8 Å². The van der Waals surface area contributed by atoms with Gasteiger partial charge in [0.05, 0.1) is 5.56 Å². The molecule has 1 unspecified atom stereocenters. The number of nitrogens with two attached hydrogens (primary N) is 1. The fourth-order valence-corrected chi connectivity index (χ4v) is 2.50. The summed E-state index contributed by atoms with van der Waals surface area (Å²) in [4.78, 5) is 15.0. The maximum Gasteiger partial charge on any atom is 0.335 e. The van der Waals surface area contributed by atoms with Crippen LogP contribution in [0.3, 0.4) is 0 Å². The Morgan fingerprint density at radius 2 is 2.11 bits per heavy atom. The van der Waals surface area contributed by atoms with Crippen LogP contribution in [0, 0.1) is 0 Å². The number of aromatic carboxylic acids is 1. The van der Waals surface area contributed by atoms with Crippen LogP contribution in [0.15, 0.2) is 24.3 Å². The Labute approximate surface area is 109 Å². The second-order valence-corrected chi connectivity index (χ2v) is 4.73. The Morgan fingerprint density at radius 1 is 1.37 bits per heavy atom. The minimum Gasteiger partial charge on any atom is -0.478 e. The molecule has 0 bridgehead atoms. The molecule has 98 valence electrons. The van der Waals surface area contributed by atoms with Crippen molar-refractivity contribution in [2.45, 2.75) is 25.3 Å². The monoisotopic (exact) mass is 258 g/mol. The molecule has 1 aliphatic heterocycles. The van der Waals surface area contributed by atoms with Gasteiger partial charge in [-0.05, 0) is 24.1 Å². The van der Waals surface area contributed by atoms with Crippen LogP contribution in [-0.2, 0) is 13.0 Å². The van der Waals surface area contributed by atoms with Gasteiger partial charge in [-0.15, -0.1) is 5.10 Å².